The Morgan fingerprint density at radius 2 is 1.86 bits per heavy atom. The van der Waals surface area contributed by atoms with Gasteiger partial charge in [-0.15, -0.1) is 0 Å². The monoisotopic (exact) mass is 316 g/mol. The summed E-state index contributed by atoms with van der Waals surface area (Å²) in [6.07, 6.45) is -4.53. The zero-order valence-corrected chi connectivity index (χ0v) is 11.8. The van der Waals surface area contributed by atoms with E-state index in [0.717, 1.165) is 11.6 Å². The Labute approximate surface area is 124 Å². The Kier molecular flexibility index (Phi) is 4.57. The fraction of sp³-hybridized carbons (Fsp3) is 0.214. The van der Waals surface area contributed by atoms with Gasteiger partial charge < -0.3 is 10.1 Å². The maximum absolute atomic E-state index is 12.6. The molecule has 1 aromatic heterocycles. The van der Waals surface area contributed by atoms with Gasteiger partial charge in [-0.1, -0.05) is 23.7 Å². The summed E-state index contributed by atoms with van der Waals surface area (Å²) in [7, 11) is 1.56. The van der Waals surface area contributed by atoms with Crippen molar-refractivity contribution in [2.24, 2.45) is 0 Å². The van der Waals surface area contributed by atoms with Crippen molar-refractivity contribution in [2.45, 2.75) is 12.7 Å². The lowest BCUT2D eigenvalue weighted by atomic mass is 10.2. The molecule has 2 rings (SSSR count). The van der Waals surface area contributed by atoms with Crippen LogP contribution < -0.4 is 10.1 Å². The number of nitrogens with one attached hydrogen (secondary N) is 1. The number of benzene rings is 1. The molecule has 0 aliphatic carbocycles. The van der Waals surface area contributed by atoms with Crippen LogP contribution in [0, 0.1) is 0 Å². The van der Waals surface area contributed by atoms with Crippen molar-refractivity contribution in [1.29, 1.82) is 0 Å². The summed E-state index contributed by atoms with van der Waals surface area (Å²) in [5.74, 6) is 0.713. The number of rotatable bonds is 4. The molecule has 7 heteroatoms. The minimum atomic E-state index is -4.53. The van der Waals surface area contributed by atoms with Crippen LogP contribution in [-0.4, -0.2) is 12.1 Å². The van der Waals surface area contributed by atoms with E-state index in [-0.39, 0.29) is 10.8 Å². The minimum Gasteiger partial charge on any atom is -0.497 e. The summed E-state index contributed by atoms with van der Waals surface area (Å²) in [6, 6.07) is 9.46. The van der Waals surface area contributed by atoms with Gasteiger partial charge in [0.2, 0.25) is 0 Å². The molecule has 112 valence electrons. The van der Waals surface area contributed by atoms with Crippen LogP contribution in [0.2, 0.25) is 5.15 Å². The van der Waals surface area contributed by atoms with Crippen molar-refractivity contribution in [2.75, 3.05) is 12.4 Å². The third-order valence-corrected chi connectivity index (χ3v) is 2.93. The maximum Gasteiger partial charge on any atom is 0.433 e. The molecule has 0 amide bonds. The van der Waals surface area contributed by atoms with Crippen LogP contribution in [0.25, 0.3) is 0 Å². The first kappa shape index (κ1) is 15.4. The highest BCUT2D eigenvalue weighted by Gasteiger charge is 2.33. The molecule has 0 aliphatic rings. The SMILES string of the molecule is COc1ccc(CNc2cc(Cl)nc(C(F)(F)F)c2)cc1. The van der Waals surface area contributed by atoms with Crippen molar-refractivity contribution in [3.05, 3.63) is 52.8 Å². The summed E-state index contributed by atoms with van der Waals surface area (Å²) in [5, 5.41) is 2.68. The van der Waals surface area contributed by atoms with Crippen LogP contribution in [0.3, 0.4) is 0 Å². The van der Waals surface area contributed by atoms with Crippen LogP contribution in [0.5, 0.6) is 5.75 Å². The molecule has 0 radical (unpaired) electrons. The van der Waals surface area contributed by atoms with Gasteiger partial charge in [-0.05, 0) is 29.8 Å². The number of hydrogen-bond donors (Lipinski definition) is 1. The second-order valence-corrected chi connectivity index (χ2v) is 4.65. The number of anilines is 1. The van der Waals surface area contributed by atoms with Gasteiger partial charge in [-0.2, -0.15) is 13.2 Å². The molecule has 0 bridgehead atoms. The van der Waals surface area contributed by atoms with Crippen molar-refractivity contribution in [1.82, 2.24) is 4.98 Å². The van der Waals surface area contributed by atoms with Gasteiger partial charge in [0.05, 0.1) is 7.11 Å². The van der Waals surface area contributed by atoms with Gasteiger partial charge in [-0.3, -0.25) is 0 Å². The third-order valence-electron chi connectivity index (χ3n) is 2.74. The molecule has 1 heterocycles. The average molecular weight is 317 g/mol. The van der Waals surface area contributed by atoms with Gasteiger partial charge in [-0.25, -0.2) is 4.98 Å². The van der Waals surface area contributed by atoms with Crippen LogP contribution >= 0.6 is 11.6 Å². The average Bonchev–Trinajstić information content (AvgIpc) is 2.44. The Balaban J connectivity index is 2.10. The largest absolute Gasteiger partial charge is 0.497 e. The summed E-state index contributed by atoms with van der Waals surface area (Å²) in [6.45, 7) is 0.363. The number of alkyl halides is 3. The van der Waals surface area contributed by atoms with Crippen LogP contribution in [-0.2, 0) is 12.7 Å². The molecule has 0 saturated heterocycles. The van der Waals surface area contributed by atoms with Gasteiger partial charge >= 0.3 is 6.18 Å². The Morgan fingerprint density at radius 3 is 2.43 bits per heavy atom. The van der Waals surface area contributed by atoms with Crippen LogP contribution in [0.15, 0.2) is 36.4 Å². The molecular weight excluding hydrogens is 305 g/mol. The minimum absolute atomic E-state index is 0.206. The normalized spacial score (nSPS) is 11.3. The molecule has 3 nitrogen and oxygen atoms in total. The smallest absolute Gasteiger partial charge is 0.433 e. The highest BCUT2D eigenvalue weighted by atomic mass is 35.5. The molecule has 0 unspecified atom stereocenters. The molecular formula is C14H12ClF3N2O. The summed E-state index contributed by atoms with van der Waals surface area (Å²) in [4.78, 5) is 3.27. The molecule has 2 aromatic rings. The third kappa shape index (κ3) is 4.26. The van der Waals surface area contributed by atoms with E-state index in [1.165, 1.54) is 6.07 Å². The first-order valence-corrected chi connectivity index (χ1v) is 6.38. The highest BCUT2D eigenvalue weighted by Crippen LogP contribution is 2.30. The Bertz CT molecular complexity index is 615. The van der Waals surface area contributed by atoms with Gasteiger partial charge in [0.15, 0.2) is 0 Å². The van der Waals surface area contributed by atoms with Gasteiger partial charge in [0.1, 0.15) is 16.6 Å². The second-order valence-electron chi connectivity index (χ2n) is 4.26. The first-order valence-electron chi connectivity index (χ1n) is 6.00. The van der Waals surface area contributed by atoms with E-state index in [1.54, 1.807) is 19.2 Å². The molecule has 0 saturated carbocycles. The lowest BCUT2D eigenvalue weighted by Crippen LogP contribution is -2.09. The number of methoxy groups -OCH3 is 1. The molecule has 1 aromatic carbocycles. The molecule has 0 aliphatic heterocycles. The number of pyridine rings is 1. The van der Waals surface area contributed by atoms with E-state index in [9.17, 15) is 13.2 Å². The van der Waals surface area contributed by atoms with Crippen LogP contribution in [0.4, 0.5) is 18.9 Å². The first-order chi connectivity index (χ1) is 9.88. The summed E-state index contributed by atoms with van der Waals surface area (Å²) >= 11 is 5.61. The predicted molar refractivity (Wildman–Crippen MR) is 74.6 cm³/mol. The van der Waals surface area contributed by atoms with E-state index >= 15 is 0 Å². The van der Waals surface area contributed by atoms with Crippen LogP contribution in [0.1, 0.15) is 11.3 Å². The topological polar surface area (TPSA) is 34.1 Å². The van der Waals surface area contributed by atoms with Crippen molar-refractivity contribution in [3.63, 3.8) is 0 Å². The number of hydrogen-bond acceptors (Lipinski definition) is 3. The quantitative estimate of drug-likeness (QED) is 0.850. The molecule has 1 N–H and O–H groups in total. The predicted octanol–water partition coefficient (Wildman–Crippen LogP) is 4.37. The highest BCUT2D eigenvalue weighted by molar-refractivity contribution is 6.29. The van der Waals surface area contributed by atoms with E-state index in [2.05, 4.69) is 10.3 Å². The van der Waals surface area contributed by atoms with Gasteiger partial charge in [0.25, 0.3) is 0 Å². The molecule has 21 heavy (non-hydrogen) atoms. The fourth-order valence-corrected chi connectivity index (χ4v) is 1.90. The maximum atomic E-state index is 12.6. The molecule has 0 atom stereocenters. The number of halogens is 4. The molecule has 0 spiro atoms. The standard InChI is InChI=1S/C14H12ClF3N2O/c1-21-11-4-2-9(3-5-11)8-19-10-6-12(14(16,17)18)20-13(15)7-10/h2-7H,8H2,1H3,(H,19,20). The van der Waals surface area contributed by atoms with E-state index in [0.29, 0.717) is 12.3 Å². The number of nitrogens with zero attached hydrogens (tertiary/aromatic N) is 1. The van der Waals surface area contributed by atoms with Gasteiger partial charge in [0, 0.05) is 12.2 Å². The summed E-state index contributed by atoms with van der Waals surface area (Å²) < 4.78 is 42.9. The lowest BCUT2D eigenvalue weighted by Gasteiger charge is -2.11. The van der Waals surface area contributed by atoms with E-state index in [4.69, 9.17) is 16.3 Å². The fourth-order valence-electron chi connectivity index (χ4n) is 1.69. The second kappa shape index (κ2) is 6.22. The van der Waals surface area contributed by atoms with E-state index in [1.807, 2.05) is 12.1 Å². The van der Waals surface area contributed by atoms with Crippen molar-refractivity contribution in [3.8, 4) is 5.75 Å². The Hall–Kier alpha value is -1.95. The molecule has 0 fully saturated rings. The summed E-state index contributed by atoms with van der Waals surface area (Å²) in [5.41, 5.74) is 0.141. The van der Waals surface area contributed by atoms with Crippen molar-refractivity contribution < 1.29 is 17.9 Å². The Morgan fingerprint density at radius 1 is 1.19 bits per heavy atom. The number of aromatic nitrogens is 1. The lowest BCUT2D eigenvalue weighted by molar-refractivity contribution is -0.141. The van der Waals surface area contributed by atoms with E-state index < -0.39 is 11.9 Å². The zero-order valence-electron chi connectivity index (χ0n) is 11.0. The van der Waals surface area contributed by atoms with Crippen molar-refractivity contribution >= 4 is 17.3 Å². The number of ether oxygens (including phenoxy) is 1. The zero-order chi connectivity index (χ0) is 15.5.